The van der Waals surface area contributed by atoms with E-state index < -0.39 is 0 Å². The number of fused-ring (bicyclic) bond motifs is 1. The van der Waals surface area contributed by atoms with Gasteiger partial charge in [0.25, 0.3) is 0 Å². The van der Waals surface area contributed by atoms with Crippen LogP contribution in [0.25, 0.3) is 22.2 Å². The van der Waals surface area contributed by atoms with Gasteiger partial charge < -0.3 is 8.94 Å². The van der Waals surface area contributed by atoms with Crippen LogP contribution in [0.1, 0.15) is 67.0 Å². The number of halogens is 1. The Kier molecular flexibility index (Phi) is 5.20. The molecule has 0 aliphatic heterocycles. The quantitative estimate of drug-likeness (QED) is 0.374. The summed E-state index contributed by atoms with van der Waals surface area (Å²) in [5.41, 5.74) is 3.18. The first-order valence-electron chi connectivity index (χ1n) is 9.85. The molecule has 2 heterocycles. The first kappa shape index (κ1) is 19.9. The Bertz CT molecular complexity index is 1210. The average Bonchev–Trinajstić information content (AvgIpc) is 3.34. The molecule has 30 heavy (non-hydrogen) atoms. The van der Waals surface area contributed by atoms with E-state index in [1.807, 2.05) is 20.8 Å². The van der Waals surface area contributed by atoms with Gasteiger partial charge in [0.2, 0.25) is 5.89 Å². The Morgan fingerprint density at radius 1 is 1.07 bits per heavy atom. The summed E-state index contributed by atoms with van der Waals surface area (Å²) in [7, 11) is 0. The maximum atomic E-state index is 13.4. The number of carbonyl (C=O) groups is 1. The number of hydrogen-bond donors (Lipinski definition) is 0. The van der Waals surface area contributed by atoms with Gasteiger partial charge in [0.1, 0.15) is 11.3 Å². The number of nitrogens with zero attached hydrogens (tertiary/aromatic N) is 3. The monoisotopic (exact) mass is 407 g/mol. The van der Waals surface area contributed by atoms with Gasteiger partial charge in [-0.25, -0.2) is 9.37 Å². The lowest BCUT2D eigenvalue weighted by molar-refractivity contribution is 0.0971. The lowest BCUT2D eigenvalue weighted by atomic mass is 9.95. The Morgan fingerprint density at radius 3 is 2.43 bits per heavy atom. The van der Waals surface area contributed by atoms with Crippen LogP contribution in [0.3, 0.4) is 0 Å². The number of carbonyl (C=O) groups excluding carboxylic acids is 1. The molecule has 4 aromatic rings. The van der Waals surface area contributed by atoms with E-state index in [0.717, 1.165) is 11.1 Å². The van der Waals surface area contributed by atoms with Crippen LogP contribution >= 0.6 is 0 Å². The highest BCUT2D eigenvalue weighted by molar-refractivity contribution is 6.03. The smallest absolute Gasteiger partial charge is 0.229 e. The average molecular weight is 407 g/mol. The number of aryl methyl sites for hydroxylation is 1. The summed E-state index contributed by atoms with van der Waals surface area (Å²) in [6.45, 7) is 7.58. The summed E-state index contributed by atoms with van der Waals surface area (Å²) in [5, 5.41) is 3.79. The largest absolute Gasteiger partial charge is 0.440 e. The molecule has 0 spiro atoms. The Morgan fingerprint density at radius 2 is 1.80 bits per heavy atom. The Labute approximate surface area is 173 Å². The minimum atomic E-state index is -0.325. The van der Waals surface area contributed by atoms with E-state index in [1.165, 1.54) is 12.1 Å². The molecule has 6 nitrogen and oxygen atoms in total. The van der Waals surface area contributed by atoms with Crippen LogP contribution in [-0.2, 0) is 0 Å². The highest BCUT2D eigenvalue weighted by Crippen LogP contribution is 2.33. The zero-order valence-electron chi connectivity index (χ0n) is 17.3. The van der Waals surface area contributed by atoms with E-state index in [1.54, 1.807) is 31.2 Å². The van der Waals surface area contributed by atoms with Crippen molar-refractivity contribution in [2.45, 2.75) is 46.0 Å². The molecule has 0 saturated carbocycles. The van der Waals surface area contributed by atoms with Gasteiger partial charge in [-0.2, -0.15) is 4.98 Å². The summed E-state index contributed by atoms with van der Waals surface area (Å²) >= 11 is 0. The van der Waals surface area contributed by atoms with Crippen molar-refractivity contribution < 1.29 is 18.1 Å². The molecule has 4 rings (SSSR count). The molecule has 0 aliphatic carbocycles. The first-order valence-corrected chi connectivity index (χ1v) is 9.85. The maximum absolute atomic E-state index is 13.4. The molecule has 154 valence electrons. The lowest BCUT2D eigenvalue weighted by Crippen LogP contribution is -2.06. The van der Waals surface area contributed by atoms with Crippen LogP contribution in [0.15, 0.2) is 45.3 Å². The highest BCUT2D eigenvalue weighted by Gasteiger charge is 2.21. The predicted molar refractivity (Wildman–Crippen MR) is 110 cm³/mol. The van der Waals surface area contributed by atoms with Crippen LogP contribution in [-0.4, -0.2) is 20.9 Å². The summed E-state index contributed by atoms with van der Waals surface area (Å²) in [6, 6.07) is 9.63. The van der Waals surface area contributed by atoms with Crippen molar-refractivity contribution in [3.05, 3.63) is 65.4 Å². The van der Waals surface area contributed by atoms with Crippen molar-refractivity contribution in [3.63, 3.8) is 0 Å². The van der Waals surface area contributed by atoms with Gasteiger partial charge in [-0.15, -0.1) is 0 Å². The fourth-order valence-corrected chi connectivity index (χ4v) is 3.30. The van der Waals surface area contributed by atoms with Crippen LogP contribution in [0.5, 0.6) is 0 Å². The number of Topliss-reactive ketones (excluding diaryl/α,β-unsaturated/α-hetero) is 1. The molecule has 2 aromatic carbocycles. The van der Waals surface area contributed by atoms with Crippen LogP contribution < -0.4 is 0 Å². The molecule has 0 aliphatic rings. The number of hydrogen-bond acceptors (Lipinski definition) is 6. The van der Waals surface area contributed by atoms with Crippen molar-refractivity contribution in [1.82, 2.24) is 15.1 Å². The molecular weight excluding hydrogens is 385 g/mol. The minimum absolute atomic E-state index is 0.0777. The number of rotatable bonds is 6. The summed E-state index contributed by atoms with van der Waals surface area (Å²) in [6.07, 6.45) is 0.209. The summed E-state index contributed by atoms with van der Waals surface area (Å²) in [5.74, 6) is 1.03. The number of benzene rings is 2. The van der Waals surface area contributed by atoms with E-state index in [4.69, 9.17) is 8.94 Å². The van der Waals surface area contributed by atoms with Crippen molar-refractivity contribution in [2.24, 2.45) is 0 Å². The highest BCUT2D eigenvalue weighted by atomic mass is 19.1. The SMILES string of the molecule is Cc1noc([C@@H](C)CC(=O)c2cc(-c3ccc(F)cc3)c3nc(C(C)C)oc3c2)n1. The van der Waals surface area contributed by atoms with Gasteiger partial charge in [0.15, 0.2) is 23.1 Å². The molecule has 0 N–H and O–H groups in total. The van der Waals surface area contributed by atoms with Gasteiger partial charge in [-0.3, -0.25) is 4.79 Å². The van der Waals surface area contributed by atoms with E-state index in [9.17, 15) is 9.18 Å². The molecule has 1 atom stereocenters. The predicted octanol–water partition coefficient (Wildman–Crippen LogP) is 5.83. The molecule has 0 bridgehead atoms. The molecule has 0 unspecified atom stereocenters. The van der Waals surface area contributed by atoms with E-state index >= 15 is 0 Å². The second-order valence-corrected chi connectivity index (χ2v) is 7.79. The Hall–Kier alpha value is -3.35. The van der Waals surface area contributed by atoms with E-state index in [0.29, 0.717) is 34.3 Å². The maximum Gasteiger partial charge on any atom is 0.229 e. The van der Waals surface area contributed by atoms with Gasteiger partial charge >= 0.3 is 0 Å². The van der Waals surface area contributed by atoms with Gasteiger partial charge in [-0.05, 0) is 36.8 Å². The zero-order chi connectivity index (χ0) is 21.4. The molecular formula is C23H22FN3O3. The normalized spacial score (nSPS) is 12.6. The number of aromatic nitrogens is 3. The van der Waals surface area contributed by atoms with Crippen LogP contribution in [0.4, 0.5) is 4.39 Å². The fraction of sp³-hybridized carbons (Fsp3) is 0.304. The van der Waals surface area contributed by atoms with Crippen molar-refractivity contribution in [1.29, 1.82) is 0 Å². The van der Waals surface area contributed by atoms with Crippen molar-refractivity contribution >= 4 is 16.9 Å². The van der Waals surface area contributed by atoms with Gasteiger partial charge in [0, 0.05) is 29.4 Å². The second kappa shape index (κ2) is 7.82. The summed E-state index contributed by atoms with van der Waals surface area (Å²) in [4.78, 5) is 21.9. The lowest BCUT2D eigenvalue weighted by Gasteiger charge is -2.08. The molecule has 0 fully saturated rings. The third-order valence-electron chi connectivity index (χ3n) is 4.94. The van der Waals surface area contributed by atoms with Gasteiger partial charge in [-0.1, -0.05) is 38.1 Å². The fourth-order valence-electron chi connectivity index (χ4n) is 3.30. The van der Waals surface area contributed by atoms with E-state index in [2.05, 4.69) is 15.1 Å². The number of oxazole rings is 1. The van der Waals surface area contributed by atoms with E-state index in [-0.39, 0.29) is 29.9 Å². The molecule has 0 amide bonds. The van der Waals surface area contributed by atoms with Crippen LogP contribution in [0, 0.1) is 12.7 Å². The standard InChI is InChI=1S/C23H22FN3O3/c1-12(2)22-26-21-18(15-5-7-17(24)8-6-15)10-16(11-20(21)29-22)19(28)9-13(3)23-25-14(4)27-30-23/h5-8,10-13H,9H2,1-4H3/t13-/m0/s1. The minimum Gasteiger partial charge on any atom is -0.440 e. The first-order chi connectivity index (χ1) is 14.3. The zero-order valence-corrected chi connectivity index (χ0v) is 17.3. The molecule has 2 aromatic heterocycles. The third-order valence-corrected chi connectivity index (χ3v) is 4.94. The second-order valence-electron chi connectivity index (χ2n) is 7.79. The topological polar surface area (TPSA) is 82.0 Å². The Balaban J connectivity index is 1.76. The molecule has 0 radical (unpaired) electrons. The van der Waals surface area contributed by atoms with Crippen molar-refractivity contribution in [3.8, 4) is 11.1 Å². The number of ketones is 1. The summed E-state index contributed by atoms with van der Waals surface area (Å²) < 4.78 is 24.5. The van der Waals surface area contributed by atoms with Crippen molar-refractivity contribution in [2.75, 3.05) is 0 Å². The van der Waals surface area contributed by atoms with Crippen LogP contribution in [0.2, 0.25) is 0 Å². The third kappa shape index (κ3) is 3.87. The molecule has 7 heteroatoms. The van der Waals surface area contributed by atoms with Gasteiger partial charge in [0.05, 0.1) is 0 Å². The molecule has 0 saturated heterocycles.